The molecule has 0 atom stereocenters. The number of carbonyl (C=O) groups excluding carboxylic acids is 1. The van der Waals surface area contributed by atoms with Crippen molar-refractivity contribution in [1.82, 2.24) is 5.32 Å². The lowest BCUT2D eigenvalue weighted by Crippen LogP contribution is -2.22. The van der Waals surface area contributed by atoms with E-state index in [1.807, 2.05) is 13.8 Å². The van der Waals surface area contributed by atoms with E-state index < -0.39 is 0 Å². The van der Waals surface area contributed by atoms with Gasteiger partial charge in [-0.25, -0.2) is 0 Å². The van der Waals surface area contributed by atoms with E-state index in [4.69, 9.17) is 5.73 Å². The van der Waals surface area contributed by atoms with E-state index in [1.165, 1.54) is 11.3 Å². The molecule has 0 bridgehead atoms. The largest absolute Gasteiger partial charge is 0.398 e. The highest BCUT2D eigenvalue weighted by Gasteiger charge is 2.09. The SMILES string of the molecule is CCCNC(=O)c1cc(N)c(C)s1. The summed E-state index contributed by atoms with van der Waals surface area (Å²) in [5.41, 5.74) is 6.34. The van der Waals surface area contributed by atoms with Gasteiger partial charge >= 0.3 is 0 Å². The quantitative estimate of drug-likeness (QED) is 0.777. The number of aryl methyl sites for hydroxylation is 1. The van der Waals surface area contributed by atoms with Gasteiger partial charge in [-0.2, -0.15) is 0 Å². The van der Waals surface area contributed by atoms with Crippen LogP contribution in [0.4, 0.5) is 5.69 Å². The van der Waals surface area contributed by atoms with Crippen molar-refractivity contribution in [1.29, 1.82) is 0 Å². The first kappa shape index (κ1) is 10.1. The third-order valence-corrected chi connectivity index (χ3v) is 2.78. The first-order chi connectivity index (χ1) is 6.15. The fourth-order valence-corrected chi connectivity index (χ4v) is 1.79. The second kappa shape index (κ2) is 4.28. The number of carbonyl (C=O) groups is 1. The number of hydrogen-bond acceptors (Lipinski definition) is 3. The monoisotopic (exact) mass is 198 g/mol. The lowest BCUT2D eigenvalue weighted by atomic mass is 10.3. The molecule has 0 aliphatic rings. The molecule has 3 nitrogen and oxygen atoms in total. The first-order valence-corrected chi connectivity index (χ1v) is 5.11. The van der Waals surface area contributed by atoms with E-state index in [9.17, 15) is 4.79 Å². The third-order valence-electron chi connectivity index (χ3n) is 1.72. The summed E-state index contributed by atoms with van der Waals surface area (Å²) in [6.07, 6.45) is 0.950. The van der Waals surface area contributed by atoms with E-state index in [0.717, 1.165) is 17.8 Å². The predicted octanol–water partition coefficient (Wildman–Crippen LogP) is 1.78. The second-order valence-corrected chi connectivity index (χ2v) is 4.13. The van der Waals surface area contributed by atoms with E-state index >= 15 is 0 Å². The summed E-state index contributed by atoms with van der Waals surface area (Å²) in [6.45, 7) is 4.65. The normalized spacial score (nSPS) is 10.0. The van der Waals surface area contributed by atoms with Gasteiger partial charge in [0.15, 0.2) is 0 Å². The molecule has 1 heterocycles. The molecule has 1 rings (SSSR count). The Balaban J connectivity index is 2.66. The standard InChI is InChI=1S/C9H14N2OS/c1-3-4-11-9(12)8-5-7(10)6(2)13-8/h5H,3-4,10H2,1-2H3,(H,11,12). The number of hydrogen-bond donors (Lipinski definition) is 2. The minimum atomic E-state index is -0.0216. The summed E-state index contributed by atoms with van der Waals surface area (Å²) in [5, 5.41) is 2.81. The molecule has 0 spiro atoms. The van der Waals surface area contributed by atoms with Crippen LogP contribution in [0, 0.1) is 6.92 Å². The lowest BCUT2D eigenvalue weighted by molar-refractivity contribution is 0.0957. The molecule has 72 valence electrons. The van der Waals surface area contributed by atoms with Crippen molar-refractivity contribution < 1.29 is 4.79 Å². The molecule has 0 aliphatic heterocycles. The van der Waals surface area contributed by atoms with Crippen LogP contribution >= 0.6 is 11.3 Å². The molecule has 1 aromatic rings. The van der Waals surface area contributed by atoms with E-state index in [-0.39, 0.29) is 5.91 Å². The van der Waals surface area contributed by atoms with Crippen molar-refractivity contribution >= 4 is 22.9 Å². The van der Waals surface area contributed by atoms with Crippen molar-refractivity contribution in [3.05, 3.63) is 15.8 Å². The van der Waals surface area contributed by atoms with Crippen molar-refractivity contribution in [2.24, 2.45) is 0 Å². The molecule has 0 aromatic carbocycles. The molecule has 0 unspecified atom stereocenters. The molecule has 0 saturated carbocycles. The second-order valence-electron chi connectivity index (χ2n) is 2.88. The molecular weight excluding hydrogens is 184 g/mol. The fourth-order valence-electron chi connectivity index (χ4n) is 0.934. The van der Waals surface area contributed by atoms with Crippen molar-refractivity contribution in [3.8, 4) is 0 Å². The molecule has 3 N–H and O–H groups in total. The van der Waals surface area contributed by atoms with Crippen LogP contribution in [0.3, 0.4) is 0 Å². The Morgan fingerprint density at radius 2 is 2.38 bits per heavy atom. The van der Waals surface area contributed by atoms with Crippen LogP contribution in [0.1, 0.15) is 27.9 Å². The van der Waals surface area contributed by atoms with Gasteiger partial charge in [0, 0.05) is 17.1 Å². The van der Waals surface area contributed by atoms with Crippen molar-refractivity contribution in [3.63, 3.8) is 0 Å². The Morgan fingerprint density at radius 1 is 1.69 bits per heavy atom. The number of nitrogen functional groups attached to an aromatic ring is 1. The molecular formula is C9H14N2OS. The van der Waals surface area contributed by atoms with E-state index in [2.05, 4.69) is 5.32 Å². The number of nitrogens with two attached hydrogens (primary N) is 1. The fraction of sp³-hybridized carbons (Fsp3) is 0.444. The highest BCUT2D eigenvalue weighted by Crippen LogP contribution is 2.22. The molecule has 1 amide bonds. The number of nitrogens with one attached hydrogen (secondary N) is 1. The Labute approximate surface area is 81.9 Å². The summed E-state index contributed by atoms with van der Waals surface area (Å²) < 4.78 is 0. The predicted molar refractivity (Wildman–Crippen MR) is 56.1 cm³/mol. The lowest BCUT2D eigenvalue weighted by Gasteiger charge is -1.98. The van der Waals surface area contributed by atoms with Gasteiger partial charge in [-0.05, 0) is 19.4 Å². The van der Waals surface area contributed by atoms with Crippen LogP contribution in [-0.2, 0) is 0 Å². The maximum atomic E-state index is 11.4. The third kappa shape index (κ3) is 2.45. The molecule has 0 aliphatic carbocycles. The highest BCUT2D eigenvalue weighted by atomic mass is 32.1. The minimum absolute atomic E-state index is 0.0216. The van der Waals surface area contributed by atoms with Gasteiger partial charge in [-0.15, -0.1) is 11.3 Å². The van der Waals surface area contributed by atoms with Gasteiger partial charge < -0.3 is 11.1 Å². The maximum absolute atomic E-state index is 11.4. The first-order valence-electron chi connectivity index (χ1n) is 4.29. The average Bonchev–Trinajstić information content (AvgIpc) is 2.43. The summed E-state index contributed by atoms with van der Waals surface area (Å²) in [4.78, 5) is 13.1. The summed E-state index contributed by atoms with van der Waals surface area (Å²) >= 11 is 1.44. The van der Waals surface area contributed by atoms with E-state index in [0.29, 0.717) is 10.6 Å². The number of rotatable bonds is 3. The van der Waals surface area contributed by atoms with Crippen LogP contribution in [0.2, 0.25) is 0 Å². The van der Waals surface area contributed by atoms with Crippen LogP contribution < -0.4 is 11.1 Å². The molecule has 1 aromatic heterocycles. The van der Waals surface area contributed by atoms with Crippen LogP contribution in [0.5, 0.6) is 0 Å². The van der Waals surface area contributed by atoms with Gasteiger partial charge in [0.25, 0.3) is 5.91 Å². The Hall–Kier alpha value is -1.03. The summed E-state index contributed by atoms with van der Waals surface area (Å²) in [7, 11) is 0. The maximum Gasteiger partial charge on any atom is 0.261 e. The molecule has 13 heavy (non-hydrogen) atoms. The van der Waals surface area contributed by atoms with Gasteiger partial charge in [-0.3, -0.25) is 4.79 Å². The molecule has 0 fully saturated rings. The van der Waals surface area contributed by atoms with Crippen LogP contribution in [-0.4, -0.2) is 12.5 Å². The zero-order valence-corrected chi connectivity index (χ0v) is 8.70. The number of amides is 1. The Morgan fingerprint density at radius 3 is 2.85 bits per heavy atom. The zero-order chi connectivity index (χ0) is 9.84. The van der Waals surface area contributed by atoms with Gasteiger partial charge in [0.05, 0.1) is 4.88 Å². The van der Waals surface area contributed by atoms with E-state index in [1.54, 1.807) is 6.07 Å². The van der Waals surface area contributed by atoms with Gasteiger partial charge in [-0.1, -0.05) is 6.92 Å². The average molecular weight is 198 g/mol. The smallest absolute Gasteiger partial charge is 0.261 e. The zero-order valence-electron chi connectivity index (χ0n) is 7.89. The van der Waals surface area contributed by atoms with Crippen LogP contribution in [0.25, 0.3) is 0 Å². The minimum Gasteiger partial charge on any atom is -0.398 e. The summed E-state index contributed by atoms with van der Waals surface area (Å²) in [5.74, 6) is -0.0216. The molecule has 4 heteroatoms. The number of thiophene rings is 1. The van der Waals surface area contributed by atoms with Crippen molar-refractivity contribution in [2.75, 3.05) is 12.3 Å². The Kier molecular flexibility index (Phi) is 3.31. The summed E-state index contributed by atoms with van der Waals surface area (Å²) in [6, 6.07) is 1.73. The highest BCUT2D eigenvalue weighted by molar-refractivity contribution is 7.14. The number of anilines is 1. The Bertz CT molecular complexity index is 287. The molecule has 0 radical (unpaired) electrons. The van der Waals surface area contributed by atoms with Gasteiger partial charge in [0.1, 0.15) is 0 Å². The topological polar surface area (TPSA) is 55.1 Å². The van der Waals surface area contributed by atoms with Crippen LogP contribution in [0.15, 0.2) is 6.07 Å². The van der Waals surface area contributed by atoms with Gasteiger partial charge in [0.2, 0.25) is 0 Å². The molecule has 0 saturated heterocycles. The van der Waals surface area contributed by atoms with Crippen molar-refractivity contribution in [2.45, 2.75) is 20.3 Å².